The highest BCUT2D eigenvalue weighted by Gasteiger charge is 2.41. The minimum atomic E-state index is -4.08. The van der Waals surface area contributed by atoms with Gasteiger partial charge >= 0.3 is 6.18 Å². The lowest BCUT2D eigenvalue weighted by Gasteiger charge is -2.30. The third-order valence-corrected chi connectivity index (χ3v) is 6.62. The van der Waals surface area contributed by atoms with Gasteiger partial charge in [-0.1, -0.05) is 41.9 Å². The molecule has 7 heteroatoms. The first-order valence-electron chi connectivity index (χ1n) is 11.0. The van der Waals surface area contributed by atoms with Crippen molar-refractivity contribution >= 4 is 17.4 Å². The number of aromatic nitrogens is 1. The van der Waals surface area contributed by atoms with Crippen molar-refractivity contribution in [1.82, 2.24) is 4.98 Å². The molecule has 1 fully saturated rings. The third-order valence-electron chi connectivity index (χ3n) is 6.39. The van der Waals surface area contributed by atoms with Gasteiger partial charge in [-0.05, 0) is 79.5 Å². The lowest BCUT2D eigenvalue weighted by molar-refractivity contribution is -0.182. The second-order valence-electron chi connectivity index (χ2n) is 8.66. The molecule has 174 valence electrons. The lowest BCUT2D eigenvalue weighted by atomic mass is 9.78. The largest absolute Gasteiger partial charge is 0.488 e. The zero-order valence-corrected chi connectivity index (χ0v) is 19.1. The number of alkyl halides is 3. The maximum Gasteiger partial charge on any atom is 0.391 e. The predicted molar refractivity (Wildman–Crippen MR) is 125 cm³/mol. The lowest BCUT2D eigenvalue weighted by Crippen LogP contribution is -2.27. The second-order valence-corrected chi connectivity index (χ2v) is 9.10. The van der Waals surface area contributed by atoms with Crippen LogP contribution in [0.4, 0.5) is 19.0 Å². The van der Waals surface area contributed by atoms with Gasteiger partial charge in [0, 0.05) is 10.6 Å². The molecule has 0 amide bonds. The fourth-order valence-electron chi connectivity index (χ4n) is 4.32. The van der Waals surface area contributed by atoms with Crippen molar-refractivity contribution in [1.29, 1.82) is 0 Å². The van der Waals surface area contributed by atoms with E-state index >= 15 is 0 Å². The molecular formula is C26H26ClF3N2O. The monoisotopic (exact) mass is 474 g/mol. The SMILES string of the molecule is Cc1ccc(-c2cc(Cl)ccc2OCc2ccc(C3CCC(C(F)(F)F)CC3)cc2)nc1N. The molecule has 0 atom stereocenters. The van der Waals surface area contributed by atoms with Gasteiger partial charge in [-0.3, -0.25) is 0 Å². The molecule has 4 rings (SSSR count). The van der Waals surface area contributed by atoms with E-state index in [-0.39, 0.29) is 18.8 Å². The molecular weight excluding hydrogens is 449 g/mol. The fourth-order valence-corrected chi connectivity index (χ4v) is 4.50. The van der Waals surface area contributed by atoms with Gasteiger partial charge in [0.15, 0.2) is 0 Å². The van der Waals surface area contributed by atoms with Gasteiger partial charge in [0.1, 0.15) is 18.2 Å². The number of hydrogen-bond acceptors (Lipinski definition) is 3. The van der Waals surface area contributed by atoms with Crippen LogP contribution in [0.3, 0.4) is 0 Å². The summed E-state index contributed by atoms with van der Waals surface area (Å²) < 4.78 is 44.8. The Balaban J connectivity index is 1.42. The summed E-state index contributed by atoms with van der Waals surface area (Å²) in [5, 5.41) is 0.572. The van der Waals surface area contributed by atoms with E-state index in [1.807, 2.05) is 49.4 Å². The summed E-state index contributed by atoms with van der Waals surface area (Å²) >= 11 is 6.20. The molecule has 1 aliphatic carbocycles. The number of nitrogens with two attached hydrogens (primary N) is 1. The van der Waals surface area contributed by atoms with Crippen LogP contribution in [0, 0.1) is 12.8 Å². The van der Waals surface area contributed by atoms with Crippen LogP contribution in [-0.2, 0) is 6.61 Å². The van der Waals surface area contributed by atoms with Gasteiger partial charge in [0.2, 0.25) is 0 Å². The van der Waals surface area contributed by atoms with E-state index in [0.717, 1.165) is 22.3 Å². The van der Waals surface area contributed by atoms with Crippen molar-refractivity contribution in [3.63, 3.8) is 0 Å². The van der Waals surface area contributed by atoms with E-state index in [2.05, 4.69) is 4.98 Å². The molecule has 1 saturated carbocycles. The van der Waals surface area contributed by atoms with Gasteiger partial charge < -0.3 is 10.5 Å². The number of nitrogen functional groups attached to an aromatic ring is 1. The molecule has 0 saturated heterocycles. The summed E-state index contributed by atoms with van der Waals surface area (Å²) in [5.41, 5.74) is 10.4. The number of aryl methyl sites for hydroxylation is 1. The van der Waals surface area contributed by atoms with E-state index < -0.39 is 12.1 Å². The Morgan fingerprint density at radius 1 is 1.00 bits per heavy atom. The number of hydrogen-bond donors (Lipinski definition) is 1. The molecule has 2 aromatic carbocycles. The highest BCUT2D eigenvalue weighted by atomic mass is 35.5. The van der Waals surface area contributed by atoms with Crippen molar-refractivity contribution in [2.75, 3.05) is 5.73 Å². The Morgan fingerprint density at radius 2 is 1.70 bits per heavy atom. The quantitative estimate of drug-likeness (QED) is 0.412. The van der Waals surface area contributed by atoms with Crippen LogP contribution in [0.1, 0.15) is 48.3 Å². The normalized spacial score (nSPS) is 18.8. The number of ether oxygens (including phenoxy) is 1. The number of anilines is 1. The maximum atomic E-state index is 12.9. The zero-order valence-electron chi connectivity index (χ0n) is 18.3. The molecule has 2 N–H and O–H groups in total. The number of benzene rings is 2. The molecule has 1 heterocycles. The van der Waals surface area contributed by atoms with Crippen LogP contribution >= 0.6 is 11.6 Å². The van der Waals surface area contributed by atoms with E-state index in [4.69, 9.17) is 22.1 Å². The van der Waals surface area contributed by atoms with Crippen LogP contribution in [0.25, 0.3) is 11.3 Å². The van der Waals surface area contributed by atoms with Gasteiger partial charge in [-0.15, -0.1) is 0 Å². The Labute approximate surface area is 196 Å². The highest BCUT2D eigenvalue weighted by molar-refractivity contribution is 6.31. The zero-order chi connectivity index (χ0) is 23.6. The number of rotatable bonds is 5. The van der Waals surface area contributed by atoms with Crippen molar-refractivity contribution in [2.24, 2.45) is 5.92 Å². The van der Waals surface area contributed by atoms with Crippen LogP contribution in [0.5, 0.6) is 5.75 Å². The van der Waals surface area contributed by atoms with Gasteiger partial charge in [0.05, 0.1) is 11.6 Å². The van der Waals surface area contributed by atoms with Gasteiger partial charge in [-0.2, -0.15) is 13.2 Å². The average molecular weight is 475 g/mol. The van der Waals surface area contributed by atoms with Crippen LogP contribution in [-0.4, -0.2) is 11.2 Å². The van der Waals surface area contributed by atoms with Gasteiger partial charge in [-0.25, -0.2) is 4.98 Å². The Hall–Kier alpha value is -2.73. The summed E-state index contributed by atoms with van der Waals surface area (Å²) in [7, 11) is 0. The average Bonchev–Trinajstić information content (AvgIpc) is 2.80. The van der Waals surface area contributed by atoms with Crippen LogP contribution in [0.2, 0.25) is 5.02 Å². The summed E-state index contributed by atoms with van der Waals surface area (Å²) in [6.45, 7) is 2.24. The van der Waals surface area contributed by atoms with Crippen molar-refractivity contribution in [3.05, 3.63) is 76.3 Å². The molecule has 33 heavy (non-hydrogen) atoms. The van der Waals surface area contributed by atoms with Crippen molar-refractivity contribution in [2.45, 2.75) is 51.3 Å². The van der Waals surface area contributed by atoms with Crippen molar-refractivity contribution < 1.29 is 17.9 Å². The molecule has 0 radical (unpaired) electrons. The van der Waals surface area contributed by atoms with E-state index in [0.29, 0.717) is 41.7 Å². The summed E-state index contributed by atoms with van der Waals surface area (Å²) in [4.78, 5) is 4.45. The van der Waals surface area contributed by atoms with Crippen LogP contribution in [0.15, 0.2) is 54.6 Å². The highest BCUT2D eigenvalue weighted by Crippen LogP contribution is 2.43. The van der Waals surface area contributed by atoms with E-state index in [1.165, 1.54) is 0 Å². The summed E-state index contributed by atoms with van der Waals surface area (Å²) in [6, 6.07) is 17.1. The fraction of sp³-hybridized carbons (Fsp3) is 0.346. The first-order chi connectivity index (χ1) is 15.7. The minimum absolute atomic E-state index is 0.180. The molecule has 0 aliphatic heterocycles. The number of nitrogens with zero attached hydrogens (tertiary/aromatic N) is 1. The molecule has 0 bridgehead atoms. The first-order valence-corrected chi connectivity index (χ1v) is 11.4. The Morgan fingerprint density at radius 3 is 2.33 bits per heavy atom. The maximum absolute atomic E-state index is 12.9. The Kier molecular flexibility index (Phi) is 6.84. The summed E-state index contributed by atoms with van der Waals surface area (Å²) in [5.74, 6) is 0.121. The van der Waals surface area contributed by atoms with E-state index in [9.17, 15) is 13.2 Å². The van der Waals surface area contributed by atoms with Gasteiger partial charge in [0.25, 0.3) is 0 Å². The van der Waals surface area contributed by atoms with Crippen molar-refractivity contribution in [3.8, 4) is 17.0 Å². The number of halogens is 4. The minimum Gasteiger partial charge on any atom is -0.488 e. The molecule has 3 nitrogen and oxygen atoms in total. The molecule has 3 aromatic rings. The molecule has 0 unspecified atom stereocenters. The standard InChI is InChI=1S/C26H26ClF3N2O/c1-16-2-12-23(32-25(16)31)22-14-21(27)11-13-24(22)33-15-17-3-5-18(6-4-17)19-7-9-20(10-8-19)26(28,29)30/h2-6,11-14,19-20H,7-10,15H2,1H3,(H2,31,32). The predicted octanol–water partition coefficient (Wildman–Crippen LogP) is 7.71. The smallest absolute Gasteiger partial charge is 0.391 e. The third kappa shape index (κ3) is 5.61. The summed E-state index contributed by atoms with van der Waals surface area (Å²) in [6.07, 6.45) is -2.53. The first kappa shape index (κ1) is 23.4. The Bertz CT molecular complexity index is 1110. The number of pyridine rings is 1. The molecule has 1 aliphatic rings. The topological polar surface area (TPSA) is 48.1 Å². The molecule has 1 aromatic heterocycles. The van der Waals surface area contributed by atoms with Crippen LogP contribution < -0.4 is 10.5 Å². The second kappa shape index (κ2) is 9.64. The van der Waals surface area contributed by atoms with E-state index in [1.54, 1.807) is 12.1 Å². The molecule has 0 spiro atoms.